The fourth-order valence-electron chi connectivity index (χ4n) is 2.95. The molecule has 2 heterocycles. The van der Waals surface area contributed by atoms with Gasteiger partial charge in [-0.05, 0) is 31.0 Å². The van der Waals surface area contributed by atoms with E-state index in [4.69, 9.17) is 0 Å². The lowest BCUT2D eigenvalue weighted by Gasteiger charge is -2.25. The Labute approximate surface area is 149 Å². The van der Waals surface area contributed by atoms with Crippen molar-refractivity contribution < 1.29 is 19.5 Å². The topological polar surface area (TPSA) is 86.7 Å². The average molecular weight is 358 g/mol. The number of hydrogen-bond donors (Lipinski definition) is 2. The molecule has 0 aliphatic carbocycles. The summed E-state index contributed by atoms with van der Waals surface area (Å²) in [6.07, 6.45) is 0.480. The van der Waals surface area contributed by atoms with Gasteiger partial charge in [0.15, 0.2) is 0 Å². The first-order valence-corrected chi connectivity index (χ1v) is 8.70. The molecule has 6 nitrogen and oxygen atoms in total. The SMILES string of the molecule is CC(=O)N1CCc2c(sc(NC(=O)c3cccc(C)c3)c2C(=O)O)C1. The minimum Gasteiger partial charge on any atom is -0.478 e. The maximum Gasteiger partial charge on any atom is 0.339 e. The van der Waals surface area contributed by atoms with Crippen LogP contribution in [0.2, 0.25) is 0 Å². The third-order valence-electron chi connectivity index (χ3n) is 4.22. The van der Waals surface area contributed by atoms with E-state index >= 15 is 0 Å². The van der Waals surface area contributed by atoms with Gasteiger partial charge in [-0.2, -0.15) is 0 Å². The molecule has 0 saturated carbocycles. The Morgan fingerprint density at radius 2 is 2.04 bits per heavy atom. The highest BCUT2D eigenvalue weighted by atomic mass is 32.1. The van der Waals surface area contributed by atoms with Gasteiger partial charge in [-0.15, -0.1) is 11.3 Å². The number of aryl methyl sites for hydroxylation is 1. The third kappa shape index (κ3) is 3.41. The van der Waals surface area contributed by atoms with Crippen LogP contribution in [0.25, 0.3) is 0 Å². The Morgan fingerprint density at radius 3 is 2.68 bits per heavy atom. The second-order valence-electron chi connectivity index (χ2n) is 6.03. The van der Waals surface area contributed by atoms with Crippen LogP contribution in [0.3, 0.4) is 0 Å². The number of anilines is 1. The molecule has 7 heteroatoms. The summed E-state index contributed by atoms with van der Waals surface area (Å²) in [6.45, 7) is 4.26. The zero-order valence-electron chi connectivity index (χ0n) is 14.0. The predicted octanol–water partition coefficient (Wildman–Crippen LogP) is 2.91. The van der Waals surface area contributed by atoms with E-state index in [9.17, 15) is 19.5 Å². The fraction of sp³-hybridized carbons (Fsp3) is 0.278. The highest BCUT2D eigenvalue weighted by Crippen LogP contribution is 2.37. The van der Waals surface area contributed by atoms with E-state index in [0.717, 1.165) is 16.0 Å². The van der Waals surface area contributed by atoms with Gasteiger partial charge in [0.05, 0.1) is 12.1 Å². The molecule has 3 rings (SSSR count). The number of nitrogens with one attached hydrogen (secondary N) is 1. The Hall–Kier alpha value is -2.67. The molecule has 0 unspecified atom stereocenters. The molecule has 2 amide bonds. The first-order valence-electron chi connectivity index (χ1n) is 7.88. The van der Waals surface area contributed by atoms with Crippen molar-refractivity contribution in [3.05, 3.63) is 51.4 Å². The average Bonchev–Trinajstić information content (AvgIpc) is 2.91. The van der Waals surface area contributed by atoms with Gasteiger partial charge >= 0.3 is 5.97 Å². The summed E-state index contributed by atoms with van der Waals surface area (Å²) in [7, 11) is 0. The summed E-state index contributed by atoms with van der Waals surface area (Å²) in [4.78, 5) is 38.3. The number of rotatable bonds is 3. The molecule has 0 radical (unpaired) electrons. The molecule has 2 aromatic rings. The van der Waals surface area contributed by atoms with Crippen molar-refractivity contribution in [2.45, 2.75) is 26.8 Å². The van der Waals surface area contributed by atoms with Crippen LogP contribution in [0.15, 0.2) is 24.3 Å². The number of benzene rings is 1. The molecule has 1 aliphatic rings. The molecule has 0 spiro atoms. The van der Waals surface area contributed by atoms with E-state index in [1.54, 1.807) is 23.1 Å². The van der Waals surface area contributed by atoms with Gasteiger partial charge in [0.2, 0.25) is 5.91 Å². The van der Waals surface area contributed by atoms with Crippen LogP contribution in [-0.2, 0) is 17.8 Å². The lowest BCUT2D eigenvalue weighted by Crippen LogP contribution is -2.33. The van der Waals surface area contributed by atoms with Gasteiger partial charge in [-0.3, -0.25) is 9.59 Å². The molecule has 0 saturated heterocycles. The zero-order chi connectivity index (χ0) is 18.1. The molecular weight excluding hydrogens is 340 g/mol. The van der Waals surface area contributed by atoms with Crippen LogP contribution in [0, 0.1) is 6.92 Å². The Balaban J connectivity index is 1.93. The predicted molar refractivity (Wildman–Crippen MR) is 95.2 cm³/mol. The number of carbonyl (C=O) groups is 3. The number of hydrogen-bond acceptors (Lipinski definition) is 4. The maximum absolute atomic E-state index is 12.5. The van der Waals surface area contributed by atoms with Crippen molar-refractivity contribution in [1.29, 1.82) is 0 Å². The number of fused-ring (bicyclic) bond motifs is 1. The van der Waals surface area contributed by atoms with Gasteiger partial charge in [-0.1, -0.05) is 17.7 Å². The Morgan fingerprint density at radius 1 is 1.28 bits per heavy atom. The minimum atomic E-state index is -1.06. The van der Waals surface area contributed by atoms with E-state index in [0.29, 0.717) is 30.1 Å². The normalized spacial score (nSPS) is 13.3. The number of carboxylic acid groups (broad SMARTS) is 1. The van der Waals surface area contributed by atoms with Crippen molar-refractivity contribution in [3.8, 4) is 0 Å². The smallest absolute Gasteiger partial charge is 0.339 e. The largest absolute Gasteiger partial charge is 0.478 e. The van der Waals surface area contributed by atoms with Gasteiger partial charge in [-0.25, -0.2) is 4.79 Å². The molecule has 0 fully saturated rings. The van der Waals surface area contributed by atoms with Crippen LogP contribution >= 0.6 is 11.3 Å². The standard InChI is InChI=1S/C18H18N2O4S/c1-10-4-3-5-12(8-10)16(22)19-17-15(18(23)24)13-6-7-20(11(2)21)9-14(13)25-17/h3-5,8H,6-7,9H2,1-2H3,(H,19,22)(H,23,24). The van der Waals surface area contributed by atoms with E-state index in [-0.39, 0.29) is 17.4 Å². The lowest BCUT2D eigenvalue weighted by molar-refractivity contribution is -0.129. The summed E-state index contributed by atoms with van der Waals surface area (Å²) < 4.78 is 0. The lowest BCUT2D eigenvalue weighted by atomic mass is 10.0. The molecule has 130 valence electrons. The van der Waals surface area contributed by atoms with Crippen LogP contribution < -0.4 is 5.32 Å². The monoisotopic (exact) mass is 358 g/mol. The van der Waals surface area contributed by atoms with Gasteiger partial charge in [0, 0.05) is 23.9 Å². The molecule has 0 bridgehead atoms. The molecule has 25 heavy (non-hydrogen) atoms. The first-order chi connectivity index (χ1) is 11.9. The Bertz CT molecular complexity index is 872. The number of thiophene rings is 1. The molecule has 1 aliphatic heterocycles. The molecule has 2 N–H and O–H groups in total. The Kier molecular flexibility index (Phi) is 4.59. The second kappa shape index (κ2) is 6.68. The highest BCUT2D eigenvalue weighted by Gasteiger charge is 2.29. The summed E-state index contributed by atoms with van der Waals surface area (Å²) in [5.74, 6) is -1.44. The minimum absolute atomic E-state index is 0.0405. The zero-order valence-corrected chi connectivity index (χ0v) is 14.8. The number of carboxylic acids is 1. The highest BCUT2D eigenvalue weighted by molar-refractivity contribution is 7.17. The summed E-state index contributed by atoms with van der Waals surface area (Å²) in [5, 5.41) is 12.6. The van der Waals surface area contributed by atoms with Gasteiger partial charge in [0.1, 0.15) is 5.00 Å². The molecular formula is C18H18N2O4S. The van der Waals surface area contributed by atoms with Crippen molar-refractivity contribution >= 4 is 34.1 Å². The number of aromatic carboxylic acids is 1. The fourth-order valence-corrected chi connectivity index (χ4v) is 4.20. The summed E-state index contributed by atoms with van der Waals surface area (Å²) in [6, 6.07) is 7.11. The summed E-state index contributed by atoms with van der Waals surface area (Å²) in [5.41, 5.74) is 2.29. The van der Waals surface area contributed by atoms with Crippen LogP contribution in [0.4, 0.5) is 5.00 Å². The van der Waals surface area contributed by atoms with E-state index in [1.807, 2.05) is 13.0 Å². The van der Waals surface area contributed by atoms with E-state index < -0.39 is 5.97 Å². The van der Waals surface area contributed by atoms with Crippen LogP contribution in [0.5, 0.6) is 0 Å². The molecule has 0 atom stereocenters. The number of nitrogens with zero attached hydrogens (tertiary/aromatic N) is 1. The molecule has 1 aromatic carbocycles. The number of amides is 2. The van der Waals surface area contributed by atoms with Gasteiger partial charge in [0.25, 0.3) is 5.91 Å². The molecule has 1 aromatic heterocycles. The quantitative estimate of drug-likeness (QED) is 0.883. The second-order valence-corrected chi connectivity index (χ2v) is 7.13. The first kappa shape index (κ1) is 17.2. The van der Waals surface area contributed by atoms with Gasteiger partial charge < -0.3 is 15.3 Å². The van der Waals surface area contributed by atoms with E-state index in [2.05, 4.69) is 5.32 Å². The van der Waals surface area contributed by atoms with Crippen LogP contribution in [-0.4, -0.2) is 34.3 Å². The third-order valence-corrected chi connectivity index (χ3v) is 5.36. The van der Waals surface area contributed by atoms with Crippen molar-refractivity contribution in [3.63, 3.8) is 0 Å². The van der Waals surface area contributed by atoms with E-state index in [1.165, 1.54) is 18.3 Å². The number of carbonyl (C=O) groups excluding carboxylic acids is 2. The maximum atomic E-state index is 12.5. The van der Waals surface area contributed by atoms with Crippen molar-refractivity contribution in [2.24, 2.45) is 0 Å². The van der Waals surface area contributed by atoms with Crippen molar-refractivity contribution in [1.82, 2.24) is 4.90 Å². The summed E-state index contributed by atoms with van der Waals surface area (Å²) >= 11 is 1.23. The van der Waals surface area contributed by atoms with Crippen LogP contribution in [0.1, 0.15) is 43.6 Å². The van der Waals surface area contributed by atoms with Crippen molar-refractivity contribution in [2.75, 3.05) is 11.9 Å².